The highest BCUT2D eigenvalue weighted by atomic mass is 16.1. The molecule has 2 aromatic rings. The van der Waals surface area contributed by atoms with Crippen LogP contribution in [0.3, 0.4) is 0 Å². The van der Waals surface area contributed by atoms with E-state index in [1.807, 2.05) is 24.3 Å². The summed E-state index contributed by atoms with van der Waals surface area (Å²) in [5.74, 6) is 0.212. The van der Waals surface area contributed by atoms with E-state index in [4.69, 9.17) is 5.73 Å². The maximum Gasteiger partial charge on any atom is 0.141 e. The monoisotopic (exact) mass is 281 g/mol. The summed E-state index contributed by atoms with van der Waals surface area (Å²) in [6.07, 6.45) is 0.908. The molecule has 0 bridgehead atoms. The topological polar surface area (TPSA) is 43.1 Å². The van der Waals surface area contributed by atoms with E-state index in [1.54, 1.807) is 0 Å². The van der Waals surface area contributed by atoms with Gasteiger partial charge < -0.3 is 5.73 Å². The van der Waals surface area contributed by atoms with E-state index in [9.17, 15) is 4.79 Å². The molecule has 2 N–H and O–H groups in total. The highest BCUT2D eigenvalue weighted by Crippen LogP contribution is 2.22. The third-order valence-electron chi connectivity index (χ3n) is 3.57. The normalized spacial score (nSPS) is 11.4. The van der Waals surface area contributed by atoms with Crippen molar-refractivity contribution in [3.05, 3.63) is 65.2 Å². The fraction of sp³-hybridized carbons (Fsp3) is 0.316. The van der Waals surface area contributed by atoms with Crippen LogP contribution < -0.4 is 5.73 Å². The van der Waals surface area contributed by atoms with Gasteiger partial charge >= 0.3 is 0 Å². The average Bonchev–Trinajstić information content (AvgIpc) is 2.38. The number of nitrogens with two attached hydrogens (primary N) is 1. The number of hydrogen-bond acceptors (Lipinski definition) is 2. The minimum Gasteiger partial charge on any atom is -0.399 e. The van der Waals surface area contributed by atoms with Gasteiger partial charge in [0.2, 0.25) is 0 Å². The van der Waals surface area contributed by atoms with Crippen LogP contribution in [0.15, 0.2) is 48.5 Å². The van der Waals surface area contributed by atoms with E-state index in [0.29, 0.717) is 18.5 Å². The van der Waals surface area contributed by atoms with Gasteiger partial charge in [0.15, 0.2) is 0 Å². The highest BCUT2D eigenvalue weighted by Gasteiger charge is 2.13. The summed E-state index contributed by atoms with van der Waals surface area (Å²) in [6.45, 7) is 6.56. The van der Waals surface area contributed by atoms with Crippen molar-refractivity contribution in [2.75, 3.05) is 5.73 Å². The third-order valence-corrected chi connectivity index (χ3v) is 3.57. The van der Waals surface area contributed by atoms with Gasteiger partial charge in [0.1, 0.15) is 5.78 Å². The molecule has 0 saturated carbocycles. The standard InChI is InChI=1S/C19H23NO/c1-19(2,3)16-9-7-14(8-10-16)12-18(21)13-15-5-4-6-17(20)11-15/h4-11H,12-13,20H2,1-3H3. The molecule has 0 aliphatic carbocycles. The first-order valence-electron chi connectivity index (χ1n) is 7.30. The second kappa shape index (κ2) is 6.13. The van der Waals surface area contributed by atoms with Crippen LogP contribution in [0.4, 0.5) is 5.69 Å². The van der Waals surface area contributed by atoms with Crippen molar-refractivity contribution in [2.45, 2.75) is 39.0 Å². The molecule has 0 fully saturated rings. The molecule has 21 heavy (non-hydrogen) atoms. The summed E-state index contributed by atoms with van der Waals surface area (Å²) in [7, 11) is 0. The Kier molecular flexibility index (Phi) is 4.46. The van der Waals surface area contributed by atoms with Gasteiger partial charge in [-0.2, -0.15) is 0 Å². The fourth-order valence-corrected chi connectivity index (χ4v) is 2.34. The molecule has 0 heterocycles. The summed E-state index contributed by atoms with van der Waals surface area (Å²) in [5, 5.41) is 0. The minimum atomic E-state index is 0.143. The molecule has 0 unspecified atom stereocenters. The number of hydrogen-bond donors (Lipinski definition) is 1. The second-order valence-electron chi connectivity index (χ2n) is 6.58. The van der Waals surface area contributed by atoms with Gasteiger partial charge in [-0.15, -0.1) is 0 Å². The van der Waals surface area contributed by atoms with Gasteiger partial charge in [0, 0.05) is 18.5 Å². The minimum absolute atomic E-state index is 0.143. The Morgan fingerprint density at radius 2 is 1.57 bits per heavy atom. The Labute approximate surface area is 127 Å². The summed E-state index contributed by atoms with van der Waals surface area (Å²) in [6, 6.07) is 15.9. The van der Waals surface area contributed by atoms with Crippen molar-refractivity contribution in [3.63, 3.8) is 0 Å². The lowest BCUT2D eigenvalue weighted by molar-refractivity contribution is -0.117. The van der Waals surface area contributed by atoms with E-state index in [1.165, 1.54) is 5.56 Å². The number of rotatable bonds is 4. The number of anilines is 1. The zero-order valence-corrected chi connectivity index (χ0v) is 13.0. The molecule has 2 heteroatoms. The molecular formula is C19H23NO. The van der Waals surface area contributed by atoms with E-state index < -0.39 is 0 Å². The number of ketones is 1. The molecule has 2 rings (SSSR count). The van der Waals surface area contributed by atoms with Crippen molar-refractivity contribution < 1.29 is 4.79 Å². The third kappa shape index (κ3) is 4.45. The van der Waals surface area contributed by atoms with Crippen molar-refractivity contribution in [3.8, 4) is 0 Å². The van der Waals surface area contributed by atoms with Gasteiger partial charge in [-0.3, -0.25) is 4.79 Å². The van der Waals surface area contributed by atoms with E-state index in [0.717, 1.165) is 11.1 Å². The molecule has 0 saturated heterocycles. The summed E-state index contributed by atoms with van der Waals surface area (Å²) in [5.41, 5.74) is 9.91. The largest absolute Gasteiger partial charge is 0.399 e. The number of nitrogen functional groups attached to an aromatic ring is 1. The first-order chi connectivity index (χ1) is 9.84. The first kappa shape index (κ1) is 15.3. The van der Waals surface area contributed by atoms with E-state index >= 15 is 0 Å². The molecule has 110 valence electrons. The van der Waals surface area contributed by atoms with Gasteiger partial charge in [0.25, 0.3) is 0 Å². The SMILES string of the molecule is CC(C)(C)c1ccc(CC(=O)Cc2cccc(N)c2)cc1. The zero-order chi connectivity index (χ0) is 15.5. The van der Waals surface area contributed by atoms with Crippen LogP contribution in [0.1, 0.15) is 37.5 Å². The van der Waals surface area contributed by atoms with E-state index in [-0.39, 0.29) is 11.2 Å². The van der Waals surface area contributed by atoms with Crippen molar-refractivity contribution in [1.29, 1.82) is 0 Å². The molecule has 2 nitrogen and oxygen atoms in total. The molecule has 0 amide bonds. The van der Waals surface area contributed by atoms with Crippen LogP contribution in [-0.4, -0.2) is 5.78 Å². The van der Waals surface area contributed by atoms with Crippen LogP contribution in [0, 0.1) is 0 Å². The number of carbonyl (C=O) groups is 1. The fourth-order valence-electron chi connectivity index (χ4n) is 2.34. The first-order valence-corrected chi connectivity index (χ1v) is 7.30. The Balaban J connectivity index is 2.00. The van der Waals surface area contributed by atoms with Crippen molar-refractivity contribution >= 4 is 11.5 Å². The quantitative estimate of drug-likeness (QED) is 0.863. The van der Waals surface area contributed by atoms with Gasteiger partial charge in [-0.1, -0.05) is 57.2 Å². The second-order valence-corrected chi connectivity index (χ2v) is 6.58. The Morgan fingerprint density at radius 3 is 2.14 bits per heavy atom. The van der Waals surface area contributed by atoms with Gasteiger partial charge in [0.05, 0.1) is 0 Å². The van der Waals surface area contributed by atoms with Gasteiger partial charge in [-0.25, -0.2) is 0 Å². The van der Waals surface area contributed by atoms with Crippen LogP contribution in [0.5, 0.6) is 0 Å². The summed E-state index contributed by atoms with van der Waals surface area (Å²) < 4.78 is 0. The van der Waals surface area contributed by atoms with E-state index in [2.05, 4.69) is 45.0 Å². The van der Waals surface area contributed by atoms with Gasteiger partial charge in [-0.05, 0) is 34.2 Å². The van der Waals surface area contributed by atoms with Crippen LogP contribution >= 0.6 is 0 Å². The Bertz CT molecular complexity index is 621. The number of benzene rings is 2. The lowest BCUT2D eigenvalue weighted by Crippen LogP contribution is -2.11. The molecule has 0 aromatic heterocycles. The zero-order valence-electron chi connectivity index (χ0n) is 13.0. The predicted molar refractivity (Wildman–Crippen MR) is 88.4 cm³/mol. The number of Topliss-reactive ketones (excluding diaryl/α,β-unsaturated/α-hetero) is 1. The van der Waals surface area contributed by atoms with Crippen LogP contribution in [0.25, 0.3) is 0 Å². The van der Waals surface area contributed by atoms with Crippen LogP contribution in [-0.2, 0) is 23.1 Å². The maximum atomic E-state index is 12.1. The summed E-state index contributed by atoms with van der Waals surface area (Å²) >= 11 is 0. The molecule has 0 aliphatic heterocycles. The Hall–Kier alpha value is -2.09. The predicted octanol–water partition coefficient (Wildman–Crippen LogP) is 3.92. The van der Waals surface area contributed by atoms with Crippen molar-refractivity contribution in [1.82, 2.24) is 0 Å². The lowest BCUT2D eigenvalue weighted by atomic mass is 9.86. The van der Waals surface area contributed by atoms with Crippen LogP contribution in [0.2, 0.25) is 0 Å². The molecule has 0 radical (unpaired) electrons. The Morgan fingerprint density at radius 1 is 0.952 bits per heavy atom. The summed E-state index contributed by atoms with van der Waals surface area (Å²) in [4.78, 5) is 12.1. The maximum absolute atomic E-state index is 12.1. The molecule has 2 aromatic carbocycles. The molecular weight excluding hydrogens is 258 g/mol. The average molecular weight is 281 g/mol. The number of carbonyl (C=O) groups excluding carboxylic acids is 1. The van der Waals surface area contributed by atoms with Crippen molar-refractivity contribution in [2.24, 2.45) is 0 Å². The highest BCUT2D eigenvalue weighted by molar-refractivity contribution is 5.83. The molecule has 0 spiro atoms. The smallest absolute Gasteiger partial charge is 0.141 e. The lowest BCUT2D eigenvalue weighted by Gasteiger charge is -2.19. The molecule has 0 atom stereocenters. The molecule has 0 aliphatic rings.